The van der Waals surface area contributed by atoms with Crippen LogP contribution in [0.5, 0.6) is 0 Å². The number of thioether (sulfide) groups is 1. The van der Waals surface area contributed by atoms with Crippen molar-refractivity contribution in [1.82, 2.24) is 25.0 Å². The lowest BCUT2D eigenvalue weighted by Crippen LogP contribution is -2.01. The molecule has 2 aliphatic carbocycles. The van der Waals surface area contributed by atoms with Gasteiger partial charge in [-0.05, 0) is 25.7 Å². The van der Waals surface area contributed by atoms with E-state index in [1.807, 2.05) is 7.05 Å². The van der Waals surface area contributed by atoms with E-state index < -0.39 is 0 Å². The third-order valence-electron chi connectivity index (χ3n) is 3.55. The highest BCUT2D eigenvalue weighted by atomic mass is 32.2. The van der Waals surface area contributed by atoms with Crippen molar-refractivity contribution in [2.75, 3.05) is 12.4 Å². The fraction of sp³-hybridized carbons (Fsp3) is 0.667. The Balaban J connectivity index is 1.50. The van der Waals surface area contributed by atoms with E-state index in [2.05, 4.69) is 30.3 Å². The van der Waals surface area contributed by atoms with Crippen LogP contribution >= 0.6 is 23.1 Å². The Bertz CT molecular complexity index is 613. The SMILES string of the molecule is CNc1nnc(CSc2nnc(C3CC3)n2C2CC2)s1. The van der Waals surface area contributed by atoms with Crippen LogP contribution in [0.3, 0.4) is 0 Å². The van der Waals surface area contributed by atoms with Gasteiger partial charge in [0.2, 0.25) is 5.13 Å². The Morgan fingerprint density at radius 2 is 2.05 bits per heavy atom. The molecule has 8 heteroatoms. The number of hydrogen-bond donors (Lipinski definition) is 1. The van der Waals surface area contributed by atoms with Crippen molar-refractivity contribution in [1.29, 1.82) is 0 Å². The van der Waals surface area contributed by atoms with Crippen LogP contribution in [0.4, 0.5) is 5.13 Å². The average Bonchev–Trinajstić information content (AvgIpc) is 3.39. The van der Waals surface area contributed by atoms with Gasteiger partial charge in [0, 0.05) is 19.0 Å². The van der Waals surface area contributed by atoms with E-state index in [1.165, 1.54) is 31.5 Å². The smallest absolute Gasteiger partial charge is 0.205 e. The zero-order valence-corrected chi connectivity index (χ0v) is 12.9. The van der Waals surface area contributed by atoms with E-state index in [-0.39, 0.29) is 0 Å². The first-order valence-electron chi connectivity index (χ1n) is 6.93. The molecule has 2 aliphatic rings. The molecule has 0 unspecified atom stereocenters. The Morgan fingerprint density at radius 3 is 2.70 bits per heavy atom. The lowest BCUT2D eigenvalue weighted by Gasteiger charge is -2.06. The van der Waals surface area contributed by atoms with E-state index in [4.69, 9.17) is 0 Å². The van der Waals surface area contributed by atoms with Gasteiger partial charge in [0.15, 0.2) is 5.16 Å². The van der Waals surface area contributed by atoms with Crippen LogP contribution in [0.2, 0.25) is 0 Å². The number of rotatable bonds is 6. The first kappa shape index (κ1) is 12.6. The number of anilines is 1. The van der Waals surface area contributed by atoms with Gasteiger partial charge in [-0.2, -0.15) is 0 Å². The molecule has 6 nitrogen and oxygen atoms in total. The number of nitrogens with one attached hydrogen (secondary N) is 1. The fourth-order valence-corrected chi connectivity index (χ4v) is 3.91. The molecule has 2 fully saturated rings. The van der Waals surface area contributed by atoms with E-state index in [1.54, 1.807) is 23.1 Å². The molecule has 4 rings (SSSR count). The molecular weight excluding hydrogens is 292 g/mol. The van der Waals surface area contributed by atoms with E-state index >= 15 is 0 Å². The Kier molecular flexibility index (Phi) is 3.14. The zero-order chi connectivity index (χ0) is 13.5. The predicted octanol–water partition coefficient (Wildman–Crippen LogP) is 2.68. The molecule has 0 radical (unpaired) electrons. The monoisotopic (exact) mass is 308 g/mol. The largest absolute Gasteiger partial charge is 0.363 e. The van der Waals surface area contributed by atoms with E-state index in [0.29, 0.717) is 12.0 Å². The predicted molar refractivity (Wildman–Crippen MR) is 79.3 cm³/mol. The van der Waals surface area contributed by atoms with Crippen molar-refractivity contribution in [3.8, 4) is 0 Å². The van der Waals surface area contributed by atoms with Crippen LogP contribution in [0.15, 0.2) is 5.16 Å². The molecule has 2 heterocycles. The van der Waals surface area contributed by atoms with Gasteiger partial charge in [0.25, 0.3) is 0 Å². The molecule has 0 atom stereocenters. The van der Waals surface area contributed by atoms with Crippen molar-refractivity contribution in [2.45, 2.75) is 48.6 Å². The highest BCUT2D eigenvalue weighted by molar-refractivity contribution is 7.98. The topological polar surface area (TPSA) is 68.5 Å². The standard InChI is InChI=1S/C12H16N6S2/c1-13-11-16-14-9(20-11)6-19-12-17-15-10(7-2-3-7)18(12)8-4-5-8/h7-8H,2-6H2,1H3,(H,13,16). The molecule has 0 bridgehead atoms. The Labute approximate surface area is 125 Å². The van der Waals surface area contributed by atoms with Gasteiger partial charge in [0.05, 0.1) is 5.75 Å². The minimum absolute atomic E-state index is 0.644. The normalized spacial score (nSPS) is 18.4. The minimum atomic E-state index is 0.644. The molecule has 1 N–H and O–H groups in total. The van der Waals surface area contributed by atoms with Crippen LogP contribution < -0.4 is 5.32 Å². The third kappa shape index (κ3) is 2.42. The second-order valence-electron chi connectivity index (χ2n) is 5.26. The summed E-state index contributed by atoms with van der Waals surface area (Å²) in [5.41, 5.74) is 0. The lowest BCUT2D eigenvalue weighted by molar-refractivity contribution is 0.627. The number of nitrogens with zero attached hydrogens (tertiary/aromatic N) is 5. The molecular formula is C12H16N6S2. The van der Waals surface area contributed by atoms with Gasteiger partial charge in [-0.3, -0.25) is 0 Å². The molecule has 0 saturated heterocycles. The summed E-state index contributed by atoms with van der Waals surface area (Å²) >= 11 is 3.32. The average molecular weight is 308 g/mol. The van der Waals surface area contributed by atoms with Gasteiger partial charge < -0.3 is 9.88 Å². The molecule has 0 amide bonds. The minimum Gasteiger partial charge on any atom is -0.363 e. The zero-order valence-electron chi connectivity index (χ0n) is 11.2. The Morgan fingerprint density at radius 1 is 1.20 bits per heavy atom. The van der Waals surface area contributed by atoms with Gasteiger partial charge in [-0.15, -0.1) is 20.4 Å². The molecule has 0 aromatic carbocycles. The highest BCUT2D eigenvalue weighted by Gasteiger charge is 2.36. The number of aromatic nitrogens is 5. The van der Waals surface area contributed by atoms with Crippen molar-refractivity contribution in [3.63, 3.8) is 0 Å². The van der Waals surface area contributed by atoms with Crippen LogP contribution in [0.25, 0.3) is 0 Å². The Hall–Kier alpha value is -1.15. The molecule has 106 valence electrons. The van der Waals surface area contributed by atoms with Gasteiger partial charge in [-0.1, -0.05) is 23.1 Å². The maximum absolute atomic E-state index is 4.42. The van der Waals surface area contributed by atoms with Crippen LogP contribution in [0, 0.1) is 0 Å². The molecule has 20 heavy (non-hydrogen) atoms. The maximum Gasteiger partial charge on any atom is 0.205 e. The van der Waals surface area contributed by atoms with Crippen LogP contribution in [-0.4, -0.2) is 32.0 Å². The maximum atomic E-state index is 4.42. The van der Waals surface area contributed by atoms with Crippen molar-refractivity contribution in [3.05, 3.63) is 10.8 Å². The molecule has 2 aromatic heterocycles. The first-order valence-corrected chi connectivity index (χ1v) is 8.73. The first-order chi connectivity index (χ1) is 9.85. The molecule has 0 aliphatic heterocycles. The summed E-state index contributed by atoms with van der Waals surface area (Å²) in [5.74, 6) is 2.69. The summed E-state index contributed by atoms with van der Waals surface area (Å²) in [5, 5.41) is 23.0. The highest BCUT2D eigenvalue weighted by Crippen LogP contribution is 2.46. The second-order valence-corrected chi connectivity index (χ2v) is 7.26. The van der Waals surface area contributed by atoms with Crippen LogP contribution in [-0.2, 0) is 5.75 Å². The third-order valence-corrected chi connectivity index (χ3v) is 5.63. The summed E-state index contributed by atoms with van der Waals surface area (Å²) in [4.78, 5) is 0. The molecule has 2 saturated carbocycles. The summed E-state index contributed by atoms with van der Waals surface area (Å²) in [6, 6.07) is 0.644. The molecule has 2 aromatic rings. The summed E-state index contributed by atoms with van der Waals surface area (Å²) < 4.78 is 2.38. The van der Waals surface area contributed by atoms with E-state index in [9.17, 15) is 0 Å². The van der Waals surface area contributed by atoms with Gasteiger partial charge in [-0.25, -0.2) is 0 Å². The fourth-order valence-electron chi connectivity index (χ4n) is 2.22. The quantitative estimate of drug-likeness (QED) is 0.828. The van der Waals surface area contributed by atoms with Gasteiger partial charge >= 0.3 is 0 Å². The molecule has 0 spiro atoms. The van der Waals surface area contributed by atoms with Crippen molar-refractivity contribution < 1.29 is 0 Å². The lowest BCUT2D eigenvalue weighted by atomic mass is 10.4. The van der Waals surface area contributed by atoms with Crippen molar-refractivity contribution >= 4 is 28.2 Å². The number of hydrogen-bond acceptors (Lipinski definition) is 7. The summed E-state index contributed by atoms with van der Waals surface area (Å²) in [6.07, 6.45) is 5.09. The second kappa shape index (κ2) is 5.00. The summed E-state index contributed by atoms with van der Waals surface area (Å²) in [6.45, 7) is 0. The van der Waals surface area contributed by atoms with Crippen molar-refractivity contribution in [2.24, 2.45) is 0 Å². The van der Waals surface area contributed by atoms with Crippen LogP contribution in [0.1, 0.15) is 48.5 Å². The van der Waals surface area contributed by atoms with Gasteiger partial charge in [0.1, 0.15) is 10.8 Å². The van der Waals surface area contributed by atoms with E-state index in [0.717, 1.165) is 21.0 Å². The summed E-state index contributed by atoms with van der Waals surface area (Å²) in [7, 11) is 1.86.